The van der Waals surface area contributed by atoms with E-state index in [2.05, 4.69) is 5.32 Å². The number of carbonyl (C=O) groups excluding carboxylic acids is 1. The lowest BCUT2D eigenvalue weighted by molar-refractivity contribution is 0.0934. The molecule has 0 aliphatic heterocycles. The first-order valence-electron chi connectivity index (χ1n) is 9.13. The van der Waals surface area contributed by atoms with Crippen molar-refractivity contribution < 1.29 is 9.18 Å². The number of benzene rings is 3. The zero-order valence-corrected chi connectivity index (χ0v) is 15.5. The molecule has 0 aliphatic carbocycles. The number of rotatable bonds is 5. The molecule has 0 spiro atoms. The fourth-order valence-electron chi connectivity index (χ4n) is 3.38. The minimum atomic E-state index is -0.368. The molecular formula is C23H20FN3O. The number of para-hydroxylation sites is 2. The maximum Gasteiger partial charge on any atom is 0.251 e. The molecule has 0 radical (unpaired) electrons. The van der Waals surface area contributed by atoms with Crippen LogP contribution >= 0.6 is 0 Å². The van der Waals surface area contributed by atoms with Crippen molar-refractivity contribution in [1.82, 2.24) is 14.9 Å². The third kappa shape index (κ3) is 3.64. The van der Waals surface area contributed by atoms with E-state index < -0.39 is 0 Å². The van der Waals surface area contributed by atoms with Crippen LogP contribution in [0.1, 0.15) is 27.8 Å². The number of hydrogen-bond acceptors (Lipinski definition) is 2. The Labute approximate surface area is 162 Å². The predicted molar refractivity (Wildman–Crippen MR) is 107 cm³/mol. The van der Waals surface area contributed by atoms with Gasteiger partial charge in [0.05, 0.1) is 17.1 Å². The first kappa shape index (κ1) is 17.9. The maximum atomic E-state index is 13.2. The molecule has 0 fully saturated rings. The highest BCUT2D eigenvalue weighted by molar-refractivity contribution is 5.94. The largest absolute Gasteiger partial charge is 0.342 e. The molecule has 4 rings (SSSR count). The molecule has 0 saturated carbocycles. The van der Waals surface area contributed by atoms with E-state index in [0.29, 0.717) is 12.0 Å². The molecule has 0 aliphatic rings. The van der Waals surface area contributed by atoms with Gasteiger partial charge in [-0.1, -0.05) is 42.5 Å². The number of carbonyl (C=O) groups is 1. The summed E-state index contributed by atoms with van der Waals surface area (Å²) >= 11 is 0. The molecule has 4 nitrogen and oxygen atoms in total. The lowest BCUT2D eigenvalue weighted by atomic mass is 10.0. The Morgan fingerprint density at radius 3 is 2.39 bits per heavy atom. The van der Waals surface area contributed by atoms with Gasteiger partial charge in [-0.15, -0.1) is 0 Å². The number of amides is 1. The number of halogens is 1. The molecule has 1 aromatic heterocycles. The second-order valence-corrected chi connectivity index (χ2v) is 6.74. The lowest BCUT2D eigenvalue weighted by Crippen LogP contribution is -2.31. The van der Waals surface area contributed by atoms with Crippen molar-refractivity contribution in [3.63, 3.8) is 0 Å². The van der Waals surface area contributed by atoms with Gasteiger partial charge in [0.15, 0.2) is 0 Å². The van der Waals surface area contributed by atoms with Gasteiger partial charge in [-0.2, -0.15) is 0 Å². The van der Waals surface area contributed by atoms with Crippen LogP contribution in [0.5, 0.6) is 0 Å². The topological polar surface area (TPSA) is 46.9 Å². The van der Waals surface area contributed by atoms with Crippen molar-refractivity contribution in [3.8, 4) is 0 Å². The van der Waals surface area contributed by atoms with Crippen molar-refractivity contribution in [2.75, 3.05) is 0 Å². The van der Waals surface area contributed by atoms with Crippen LogP contribution in [0.2, 0.25) is 0 Å². The molecule has 0 bridgehead atoms. The summed E-state index contributed by atoms with van der Waals surface area (Å²) in [6.07, 6.45) is 0.602. The highest BCUT2D eigenvalue weighted by Gasteiger charge is 2.22. The van der Waals surface area contributed by atoms with Gasteiger partial charge in [0, 0.05) is 12.6 Å². The van der Waals surface area contributed by atoms with E-state index in [-0.39, 0.29) is 17.8 Å². The van der Waals surface area contributed by atoms with Gasteiger partial charge in [0.1, 0.15) is 11.6 Å². The Balaban J connectivity index is 1.69. The van der Waals surface area contributed by atoms with Crippen molar-refractivity contribution in [3.05, 3.63) is 102 Å². The predicted octanol–water partition coefficient (Wildman–Crippen LogP) is 4.43. The van der Waals surface area contributed by atoms with E-state index in [4.69, 9.17) is 4.98 Å². The number of hydrogen-bond donors (Lipinski definition) is 1. The fraction of sp³-hybridized carbons (Fsp3) is 0.130. The Morgan fingerprint density at radius 2 is 1.68 bits per heavy atom. The molecule has 3 aromatic carbocycles. The van der Waals surface area contributed by atoms with Crippen LogP contribution in [0.25, 0.3) is 11.0 Å². The molecule has 1 heterocycles. The molecule has 4 aromatic rings. The van der Waals surface area contributed by atoms with E-state index in [1.165, 1.54) is 24.3 Å². The first-order valence-corrected chi connectivity index (χ1v) is 9.13. The molecule has 1 N–H and O–H groups in total. The summed E-state index contributed by atoms with van der Waals surface area (Å²) in [7, 11) is 1.95. The first-order chi connectivity index (χ1) is 13.6. The van der Waals surface area contributed by atoms with Gasteiger partial charge in [-0.25, -0.2) is 9.37 Å². The third-order valence-electron chi connectivity index (χ3n) is 4.83. The Hall–Kier alpha value is -3.47. The average Bonchev–Trinajstić information content (AvgIpc) is 3.05. The van der Waals surface area contributed by atoms with Crippen molar-refractivity contribution in [2.45, 2.75) is 12.5 Å². The van der Waals surface area contributed by atoms with Crippen molar-refractivity contribution in [2.24, 2.45) is 7.05 Å². The Morgan fingerprint density at radius 1 is 1.00 bits per heavy atom. The molecule has 5 heteroatoms. The highest BCUT2D eigenvalue weighted by Crippen LogP contribution is 2.23. The summed E-state index contributed by atoms with van der Waals surface area (Å²) in [5.41, 5.74) is 3.40. The third-order valence-corrected chi connectivity index (χ3v) is 4.83. The summed E-state index contributed by atoms with van der Waals surface area (Å²) in [6.45, 7) is 0. The second kappa shape index (κ2) is 7.64. The normalized spacial score (nSPS) is 12.1. The van der Waals surface area contributed by atoms with Crippen LogP contribution < -0.4 is 5.32 Å². The van der Waals surface area contributed by atoms with Crippen LogP contribution in [0.3, 0.4) is 0 Å². The SMILES string of the molecule is Cn1c(C(Cc2ccccc2)NC(=O)c2ccc(F)cc2)nc2ccccc21. The monoisotopic (exact) mass is 373 g/mol. The fourth-order valence-corrected chi connectivity index (χ4v) is 3.38. The standard InChI is InChI=1S/C23H20FN3O/c1-27-21-10-6-5-9-19(21)25-22(27)20(15-16-7-3-2-4-8-16)26-23(28)17-11-13-18(24)14-12-17/h2-14,20H,15H2,1H3,(H,26,28). The van der Waals surface area contributed by atoms with Gasteiger partial charge >= 0.3 is 0 Å². The Bertz CT molecular complexity index is 1100. The van der Waals surface area contributed by atoms with Gasteiger partial charge in [0.25, 0.3) is 5.91 Å². The summed E-state index contributed by atoms with van der Waals surface area (Å²) in [5.74, 6) is 0.154. The van der Waals surface area contributed by atoms with E-state index in [1.54, 1.807) is 0 Å². The second-order valence-electron chi connectivity index (χ2n) is 6.74. The zero-order valence-electron chi connectivity index (χ0n) is 15.5. The van der Waals surface area contributed by atoms with Gasteiger partial charge in [-0.3, -0.25) is 4.79 Å². The van der Waals surface area contributed by atoms with Gasteiger partial charge in [0.2, 0.25) is 0 Å². The average molecular weight is 373 g/mol. The van der Waals surface area contributed by atoms with Gasteiger partial charge < -0.3 is 9.88 Å². The van der Waals surface area contributed by atoms with Crippen LogP contribution in [0, 0.1) is 5.82 Å². The van der Waals surface area contributed by atoms with Crippen molar-refractivity contribution >= 4 is 16.9 Å². The number of fused-ring (bicyclic) bond motifs is 1. The molecule has 140 valence electrons. The molecule has 1 amide bonds. The number of imidazole rings is 1. The van der Waals surface area contributed by atoms with E-state index in [0.717, 1.165) is 22.4 Å². The number of aromatic nitrogens is 2. The van der Waals surface area contributed by atoms with Crippen LogP contribution in [0.4, 0.5) is 4.39 Å². The van der Waals surface area contributed by atoms with E-state index in [9.17, 15) is 9.18 Å². The summed E-state index contributed by atoms with van der Waals surface area (Å²) in [5, 5.41) is 3.07. The van der Waals surface area contributed by atoms with Crippen LogP contribution in [-0.2, 0) is 13.5 Å². The minimum Gasteiger partial charge on any atom is -0.342 e. The highest BCUT2D eigenvalue weighted by atomic mass is 19.1. The summed E-state index contributed by atoms with van der Waals surface area (Å²) in [4.78, 5) is 17.5. The minimum absolute atomic E-state index is 0.256. The maximum absolute atomic E-state index is 13.2. The van der Waals surface area contributed by atoms with Crippen molar-refractivity contribution in [1.29, 1.82) is 0 Å². The van der Waals surface area contributed by atoms with E-state index >= 15 is 0 Å². The Kier molecular flexibility index (Phi) is 4.89. The lowest BCUT2D eigenvalue weighted by Gasteiger charge is -2.19. The summed E-state index contributed by atoms with van der Waals surface area (Å²) in [6, 6.07) is 23.1. The molecule has 1 unspecified atom stereocenters. The molecule has 1 atom stereocenters. The smallest absolute Gasteiger partial charge is 0.251 e. The summed E-state index contributed by atoms with van der Waals surface area (Å²) < 4.78 is 15.2. The van der Waals surface area contributed by atoms with Crippen LogP contribution in [-0.4, -0.2) is 15.5 Å². The molecular weight excluding hydrogens is 353 g/mol. The van der Waals surface area contributed by atoms with Crippen LogP contribution in [0.15, 0.2) is 78.9 Å². The zero-order chi connectivity index (χ0) is 19.5. The molecule has 0 saturated heterocycles. The molecule has 28 heavy (non-hydrogen) atoms. The van der Waals surface area contributed by atoms with Gasteiger partial charge in [-0.05, 0) is 48.4 Å². The quantitative estimate of drug-likeness (QED) is 0.563. The number of nitrogens with one attached hydrogen (secondary N) is 1. The number of aryl methyl sites for hydroxylation is 1. The number of nitrogens with zero attached hydrogens (tertiary/aromatic N) is 2. The van der Waals surface area contributed by atoms with E-state index in [1.807, 2.05) is 66.2 Å².